The van der Waals surface area contributed by atoms with Gasteiger partial charge in [-0.2, -0.15) is 0 Å². The van der Waals surface area contributed by atoms with Gasteiger partial charge in [-0.1, -0.05) is 50.7 Å². The summed E-state index contributed by atoms with van der Waals surface area (Å²) in [5.41, 5.74) is 0.422. The first kappa shape index (κ1) is 15.2. The molecule has 20 heavy (non-hydrogen) atoms. The van der Waals surface area contributed by atoms with Crippen LogP contribution in [-0.4, -0.2) is 5.78 Å². The highest BCUT2D eigenvalue weighted by atomic mass is 32.2. The van der Waals surface area contributed by atoms with Crippen molar-refractivity contribution in [3.8, 4) is 0 Å². The molecule has 2 aromatic carbocycles. The summed E-state index contributed by atoms with van der Waals surface area (Å²) < 4.78 is 0. The molecule has 0 bridgehead atoms. The van der Waals surface area contributed by atoms with E-state index >= 15 is 0 Å². The Morgan fingerprint density at radius 2 is 1.60 bits per heavy atom. The minimum Gasteiger partial charge on any atom is -0.294 e. The van der Waals surface area contributed by atoms with Crippen LogP contribution in [0.4, 0.5) is 0 Å². The van der Waals surface area contributed by atoms with E-state index in [4.69, 9.17) is 0 Å². The maximum atomic E-state index is 12.5. The lowest BCUT2D eigenvalue weighted by Gasteiger charge is -2.18. The second-order valence-corrected chi connectivity index (χ2v) is 7.30. The van der Waals surface area contributed by atoms with Gasteiger partial charge in [0.05, 0.1) is 0 Å². The van der Waals surface area contributed by atoms with Crippen LogP contribution < -0.4 is 0 Å². The lowest BCUT2D eigenvalue weighted by Crippen LogP contribution is -2.20. The second-order valence-electron chi connectivity index (χ2n) is 5.67. The van der Waals surface area contributed by atoms with Gasteiger partial charge in [0.1, 0.15) is 0 Å². The van der Waals surface area contributed by atoms with E-state index < -0.39 is 0 Å². The number of benzene rings is 2. The monoisotopic (exact) mass is 302 g/mol. The Kier molecular flexibility index (Phi) is 4.61. The maximum absolute atomic E-state index is 12.5. The normalized spacial score (nSPS) is 11.4. The highest BCUT2D eigenvalue weighted by Gasteiger charge is 2.25. The van der Waals surface area contributed by atoms with Crippen LogP contribution in [0.5, 0.6) is 0 Å². The molecule has 1 nitrogen and oxygen atoms in total. The fraction of sp³-hybridized carbons (Fsp3) is 0.235. The van der Waals surface area contributed by atoms with Crippen LogP contribution in [0, 0.1) is 5.41 Å². The number of carbonyl (C=O) groups excluding carboxylic acids is 1. The fourth-order valence-corrected chi connectivity index (χ4v) is 2.88. The summed E-state index contributed by atoms with van der Waals surface area (Å²) in [4.78, 5) is 15.6. The maximum Gasteiger partial charge on any atom is 0.169 e. The zero-order chi connectivity index (χ0) is 14.8. The van der Waals surface area contributed by atoms with Crippen molar-refractivity contribution in [2.24, 2.45) is 5.41 Å². The van der Waals surface area contributed by atoms with E-state index in [0.29, 0.717) is 0 Å². The van der Waals surface area contributed by atoms with Gasteiger partial charge in [-0.05, 0) is 30.3 Å². The van der Waals surface area contributed by atoms with Gasteiger partial charge in [0.2, 0.25) is 0 Å². The Morgan fingerprint density at radius 1 is 1.00 bits per heavy atom. The third kappa shape index (κ3) is 3.68. The smallest absolute Gasteiger partial charge is 0.169 e. The lowest BCUT2D eigenvalue weighted by molar-refractivity contribution is 0.0855. The molecule has 0 aliphatic rings. The van der Waals surface area contributed by atoms with Gasteiger partial charge in [-0.3, -0.25) is 4.79 Å². The minimum atomic E-state index is -0.369. The molecule has 0 amide bonds. The van der Waals surface area contributed by atoms with Crippen molar-refractivity contribution in [3.05, 3.63) is 54.1 Å². The van der Waals surface area contributed by atoms with Gasteiger partial charge in [-0.25, -0.2) is 0 Å². The number of hydrogen-bond acceptors (Lipinski definition) is 3. The van der Waals surface area contributed by atoms with Gasteiger partial charge in [0.15, 0.2) is 5.78 Å². The minimum absolute atomic E-state index is 0.173. The molecular weight excluding hydrogens is 284 g/mol. The third-order valence-corrected chi connectivity index (χ3v) is 4.26. The van der Waals surface area contributed by atoms with Crippen LogP contribution in [0.25, 0.3) is 0 Å². The van der Waals surface area contributed by atoms with Crippen molar-refractivity contribution < 1.29 is 4.79 Å². The van der Waals surface area contributed by atoms with E-state index in [1.807, 2.05) is 69.3 Å². The fourth-order valence-electron chi connectivity index (χ4n) is 1.79. The highest BCUT2D eigenvalue weighted by Crippen LogP contribution is 2.33. The van der Waals surface area contributed by atoms with Crippen molar-refractivity contribution in [2.75, 3.05) is 0 Å². The Balaban J connectivity index is 2.33. The van der Waals surface area contributed by atoms with Gasteiger partial charge >= 0.3 is 0 Å². The SMILES string of the molecule is CC(C)(C)C(=O)c1ccccc1Sc1ccc(S)cc1. The molecule has 0 fully saturated rings. The van der Waals surface area contributed by atoms with Gasteiger partial charge in [0.25, 0.3) is 0 Å². The molecule has 0 atom stereocenters. The molecule has 2 rings (SSSR count). The first-order chi connectivity index (χ1) is 9.38. The first-order valence-corrected chi connectivity index (χ1v) is 7.75. The van der Waals surface area contributed by atoms with E-state index in [0.717, 1.165) is 20.2 Å². The average Bonchev–Trinajstić information content (AvgIpc) is 2.40. The number of Topliss-reactive ketones (excluding diaryl/α,β-unsaturated/α-hetero) is 1. The highest BCUT2D eigenvalue weighted by molar-refractivity contribution is 7.99. The van der Waals surface area contributed by atoms with E-state index in [-0.39, 0.29) is 11.2 Å². The van der Waals surface area contributed by atoms with E-state index in [1.165, 1.54) is 0 Å². The molecule has 0 unspecified atom stereocenters. The molecule has 0 saturated carbocycles. The molecule has 0 aliphatic heterocycles. The van der Waals surface area contributed by atoms with E-state index in [9.17, 15) is 4.79 Å². The van der Waals surface area contributed by atoms with Crippen molar-refractivity contribution in [1.82, 2.24) is 0 Å². The summed E-state index contributed by atoms with van der Waals surface area (Å²) >= 11 is 5.90. The number of rotatable bonds is 3. The molecule has 0 N–H and O–H groups in total. The van der Waals surface area contributed by atoms with Crippen molar-refractivity contribution in [1.29, 1.82) is 0 Å². The summed E-state index contributed by atoms with van der Waals surface area (Å²) in [5.74, 6) is 0.173. The molecule has 0 saturated heterocycles. The standard InChI is InChI=1S/C17H18OS2/c1-17(2,3)16(18)14-6-4-5-7-15(14)20-13-10-8-12(19)9-11-13/h4-11,19H,1-3H3. The quantitative estimate of drug-likeness (QED) is 0.607. The predicted octanol–water partition coefficient (Wildman–Crippen LogP) is 5.36. The van der Waals surface area contributed by atoms with Crippen molar-refractivity contribution >= 4 is 30.2 Å². The van der Waals surface area contributed by atoms with Gasteiger partial charge in [0, 0.05) is 25.7 Å². The second kappa shape index (κ2) is 6.06. The predicted molar refractivity (Wildman–Crippen MR) is 88.0 cm³/mol. The van der Waals surface area contributed by atoms with Crippen LogP contribution in [0.2, 0.25) is 0 Å². The molecule has 0 aromatic heterocycles. The number of hydrogen-bond donors (Lipinski definition) is 1. The summed E-state index contributed by atoms with van der Waals surface area (Å²) in [6.45, 7) is 5.85. The molecular formula is C17H18OS2. The molecule has 2 aromatic rings. The number of carbonyl (C=O) groups is 1. The summed E-state index contributed by atoms with van der Waals surface area (Å²) in [6, 6.07) is 15.7. The molecule has 0 heterocycles. The Hall–Kier alpha value is -1.19. The molecule has 0 aliphatic carbocycles. The Labute approximate surface area is 130 Å². The number of thiol groups is 1. The van der Waals surface area contributed by atoms with Crippen LogP contribution in [0.1, 0.15) is 31.1 Å². The molecule has 104 valence electrons. The summed E-state index contributed by atoms with van der Waals surface area (Å²) in [6.07, 6.45) is 0. The van der Waals surface area contributed by atoms with Crippen molar-refractivity contribution in [2.45, 2.75) is 35.5 Å². The van der Waals surface area contributed by atoms with Gasteiger partial charge < -0.3 is 0 Å². The third-order valence-electron chi connectivity index (χ3n) is 2.88. The van der Waals surface area contributed by atoms with Crippen molar-refractivity contribution in [3.63, 3.8) is 0 Å². The van der Waals surface area contributed by atoms with Gasteiger partial charge in [-0.15, -0.1) is 12.6 Å². The Bertz CT molecular complexity index is 610. The van der Waals surface area contributed by atoms with Crippen LogP contribution in [-0.2, 0) is 0 Å². The van der Waals surface area contributed by atoms with Crippen LogP contribution in [0.15, 0.2) is 63.2 Å². The van der Waals surface area contributed by atoms with E-state index in [1.54, 1.807) is 11.8 Å². The average molecular weight is 302 g/mol. The Morgan fingerprint density at radius 3 is 2.20 bits per heavy atom. The van der Waals surface area contributed by atoms with Crippen LogP contribution >= 0.6 is 24.4 Å². The summed E-state index contributed by atoms with van der Waals surface area (Å²) in [7, 11) is 0. The molecule has 0 spiro atoms. The molecule has 3 heteroatoms. The van der Waals surface area contributed by atoms with Crippen LogP contribution in [0.3, 0.4) is 0 Å². The lowest BCUT2D eigenvalue weighted by atomic mass is 9.86. The first-order valence-electron chi connectivity index (χ1n) is 6.48. The molecule has 0 radical (unpaired) electrons. The zero-order valence-electron chi connectivity index (χ0n) is 11.9. The zero-order valence-corrected chi connectivity index (χ0v) is 13.6. The summed E-state index contributed by atoms with van der Waals surface area (Å²) in [5, 5.41) is 0. The van der Waals surface area contributed by atoms with E-state index in [2.05, 4.69) is 12.6 Å². The largest absolute Gasteiger partial charge is 0.294 e. The number of ketones is 1. The topological polar surface area (TPSA) is 17.1 Å².